The first kappa shape index (κ1) is 36.9. The van der Waals surface area contributed by atoms with E-state index in [2.05, 4.69) is 32.3 Å². The molecule has 0 radical (unpaired) electrons. The molecule has 3 aromatic carbocycles. The van der Waals surface area contributed by atoms with Crippen molar-refractivity contribution in [3.8, 4) is 23.0 Å². The molecule has 0 aliphatic carbocycles. The van der Waals surface area contributed by atoms with Crippen molar-refractivity contribution >= 4 is 63.5 Å². The van der Waals surface area contributed by atoms with Gasteiger partial charge in [0.2, 0.25) is 0 Å². The first-order valence-corrected chi connectivity index (χ1v) is 17.8. The second kappa shape index (κ2) is 16.6. The van der Waals surface area contributed by atoms with Gasteiger partial charge in [-0.15, -0.1) is 0 Å². The Labute approximate surface area is 310 Å². The van der Waals surface area contributed by atoms with E-state index in [-0.39, 0.29) is 31.0 Å². The van der Waals surface area contributed by atoms with Gasteiger partial charge in [0.15, 0.2) is 34.4 Å². The van der Waals surface area contributed by atoms with Crippen LogP contribution in [0.15, 0.2) is 75.7 Å². The number of hydrogen-bond donors (Lipinski definition) is 0. The summed E-state index contributed by atoms with van der Waals surface area (Å²) in [6.07, 6.45) is 1.76. The van der Waals surface area contributed by atoms with E-state index in [1.807, 2.05) is 31.2 Å². The van der Waals surface area contributed by atoms with Gasteiger partial charge in [0, 0.05) is 5.02 Å². The number of methoxy groups -OCH3 is 2. The molecule has 11 nitrogen and oxygen atoms in total. The summed E-state index contributed by atoms with van der Waals surface area (Å²) in [6.45, 7) is 5.63. The number of halogens is 2. The summed E-state index contributed by atoms with van der Waals surface area (Å²) >= 11 is 9.51. The fraction of sp³-hybridized carbons (Fsp3) is 0.278. The van der Waals surface area contributed by atoms with E-state index in [1.165, 1.54) is 23.0 Å². The first-order valence-electron chi connectivity index (χ1n) is 15.5. The summed E-state index contributed by atoms with van der Waals surface area (Å²) in [5.74, 6) is 0.534. The SMILES string of the molecule is CCOC(=O)C1=C(C)N=c2s/c(=C/c3cc(I)c(OCc4cccc(Cl)c4)c(OC)c3)c(=O)n2[C@H]1c1ccc(OCC(=O)OC)c(OCC)c1. The van der Waals surface area contributed by atoms with Crippen LogP contribution in [-0.2, 0) is 25.7 Å². The van der Waals surface area contributed by atoms with E-state index in [4.69, 9.17) is 35.3 Å². The van der Waals surface area contributed by atoms with Crippen LogP contribution < -0.4 is 33.8 Å². The van der Waals surface area contributed by atoms with Crippen molar-refractivity contribution < 1.29 is 38.0 Å². The molecule has 5 rings (SSSR count). The zero-order valence-electron chi connectivity index (χ0n) is 27.9. The summed E-state index contributed by atoms with van der Waals surface area (Å²) in [5.41, 5.74) is 2.45. The number of carbonyl (C=O) groups is 2. The number of aromatic nitrogens is 1. The maximum absolute atomic E-state index is 14.2. The third-order valence-electron chi connectivity index (χ3n) is 7.50. The average molecular weight is 833 g/mol. The number of hydrogen-bond acceptors (Lipinski definition) is 11. The maximum atomic E-state index is 14.2. The predicted octanol–water partition coefficient (Wildman–Crippen LogP) is 5.59. The molecule has 2 heterocycles. The van der Waals surface area contributed by atoms with Gasteiger partial charge in [0.05, 0.1) is 52.8 Å². The van der Waals surface area contributed by atoms with Gasteiger partial charge in [0.1, 0.15) is 6.61 Å². The molecule has 0 bridgehead atoms. The Balaban J connectivity index is 1.58. The maximum Gasteiger partial charge on any atom is 0.343 e. The van der Waals surface area contributed by atoms with Gasteiger partial charge < -0.3 is 28.4 Å². The monoisotopic (exact) mass is 832 g/mol. The van der Waals surface area contributed by atoms with E-state index < -0.39 is 18.0 Å². The molecular weight excluding hydrogens is 799 g/mol. The van der Waals surface area contributed by atoms with Crippen molar-refractivity contribution in [2.45, 2.75) is 33.4 Å². The third kappa shape index (κ3) is 8.16. The summed E-state index contributed by atoms with van der Waals surface area (Å²) in [5, 5.41) is 0.618. The van der Waals surface area contributed by atoms with Crippen molar-refractivity contribution in [1.82, 2.24) is 4.57 Å². The third-order valence-corrected chi connectivity index (χ3v) is 9.51. The van der Waals surface area contributed by atoms with Crippen molar-refractivity contribution in [3.63, 3.8) is 0 Å². The molecule has 262 valence electrons. The number of esters is 2. The highest BCUT2D eigenvalue weighted by atomic mass is 127. The quantitative estimate of drug-likeness (QED) is 0.125. The lowest BCUT2D eigenvalue weighted by molar-refractivity contribution is -0.143. The van der Waals surface area contributed by atoms with Crippen LogP contribution in [0.3, 0.4) is 0 Å². The van der Waals surface area contributed by atoms with Crippen LogP contribution in [0.25, 0.3) is 6.08 Å². The second-order valence-corrected chi connectivity index (χ2v) is 13.4. The van der Waals surface area contributed by atoms with Crippen molar-refractivity contribution in [2.24, 2.45) is 4.99 Å². The molecule has 0 unspecified atom stereocenters. The molecule has 1 aliphatic rings. The summed E-state index contributed by atoms with van der Waals surface area (Å²) in [6, 6.07) is 15.2. The average Bonchev–Trinajstić information content (AvgIpc) is 3.39. The highest BCUT2D eigenvalue weighted by Gasteiger charge is 2.34. The lowest BCUT2D eigenvalue weighted by Gasteiger charge is -2.25. The van der Waals surface area contributed by atoms with Crippen LogP contribution in [0.2, 0.25) is 5.02 Å². The fourth-order valence-corrected chi connectivity index (χ4v) is 7.32. The van der Waals surface area contributed by atoms with Crippen molar-refractivity contribution in [2.75, 3.05) is 34.0 Å². The van der Waals surface area contributed by atoms with Gasteiger partial charge in [-0.25, -0.2) is 14.6 Å². The number of rotatable bonds is 13. The normalized spacial score (nSPS) is 14.1. The summed E-state index contributed by atoms with van der Waals surface area (Å²) in [4.78, 5) is 44.5. The number of carbonyl (C=O) groups excluding carboxylic acids is 2. The van der Waals surface area contributed by atoms with Gasteiger partial charge in [-0.05, 0) is 103 Å². The Bertz CT molecular complexity index is 2140. The lowest BCUT2D eigenvalue weighted by Crippen LogP contribution is -2.40. The Morgan fingerprint density at radius 1 is 1.00 bits per heavy atom. The highest BCUT2D eigenvalue weighted by molar-refractivity contribution is 14.1. The molecule has 1 atom stereocenters. The zero-order valence-corrected chi connectivity index (χ0v) is 31.6. The lowest BCUT2D eigenvalue weighted by atomic mass is 9.95. The molecule has 0 N–H and O–H groups in total. The fourth-order valence-electron chi connectivity index (χ4n) is 5.28. The minimum atomic E-state index is -0.891. The molecule has 0 amide bonds. The molecular formula is C36H34ClIN2O9S. The topological polar surface area (TPSA) is 124 Å². The van der Waals surface area contributed by atoms with Crippen LogP contribution in [0, 0.1) is 3.57 Å². The van der Waals surface area contributed by atoms with Crippen LogP contribution in [-0.4, -0.2) is 50.5 Å². The largest absolute Gasteiger partial charge is 0.493 e. The molecule has 0 saturated heterocycles. The van der Waals surface area contributed by atoms with E-state index in [9.17, 15) is 14.4 Å². The molecule has 0 fully saturated rings. The minimum absolute atomic E-state index is 0.135. The molecule has 0 spiro atoms. The number of thiazole rings is 1. The number of ether oxygens (including phenoxy) is 6. The van der Waals surface area contributed by atoms with E-state index >= 15 is 0 Å². The van der Waals surface area contributed by atoms with E-state index in [1.54, 1.807) is 57.4 Å². The van der Waals surface area contributed by atoms with Gasteiger partial charge >= 0.3 is 11.9 Å². The van der Waals surface area contributed by atoms with Crippen LogP contribution >= 0.6 is 45.5 Å². The van der Waals surface area contributed by atoms with Crippen LogP contribution in [0.1, 0.15) is 43.5 Å². The second-order valence-electron chi connectivity index (χ2n) is 10.8. The molecule has 1 aromatic heterocycles. The van der Waals surface area contributed by atoms with Gasteiger partial charge in [-0.2, -0.15) is 0 Å². The number of allylic oxidation sites excluding steroid dienone is 1. The number of benzene rings is 3. The van der Waals surface area contributed by atoms with Gasteiger partial charge in [-0.1, -0.05) is 41.1 Å². The van der Waals surface area contributed by atoms with Crippen LogP contribution in [0.4, 0.5) is 0 Å². The molecule has 0 saturated carbocycles. The first-order chi connectivity index (χ1) is 24.1. The summed E-state index contributed by atoms with van der Waals surface area (Å²) in [7, 11) is 2.82. The highest BCUT2D eigenvalue weighted by Crippen LogP contribution is 2.37. The molecule has 50 heavy (non-hydrogen) atoms. The van der Waals surface area contributed by atoms with Gasteiger partial charge in [0.25, 0.3) is 5.56 Å². The Hall–Kier alpha value is -4.34. The van der Waals surface area contributed by atoms with Crippen LogP contribution in [0.5, 0.6) is 23.0 Å². The smallest absolute Gasteiger partial charge is 0.343 e. The standard InChI is InChI=1S/C36H34ClIN2O9S/c1-6-46-27-17-23(11-12-26(27)48-19-30(41)45-5)32-31(35(43)47-7-2)20(3)39-36-40(32)34(42)29(50-36)16-22-14-25(38)33(28(15-22)44-4)49-18-21-9-8-10-24(37)13-21/h8-17,32H,6-7,18-19H2,1-5H3/b29-16+/t32-/m0/s1. The summed E-state index contributed by atoms with van der Waals surface area (Å²) < 4.78 is 36.1. The van der Waals surface area contributed by atoms with E-state index in [0.29, 0.717) is 60.8 Å². The van der Waals surface area contributed by atoms with E-state index in [0.717, 1.165) is 9.13 Å². The number of nitrogens with zero attached hydrogens (tertiary/aromatic N) is 2. The van der Waals surface area contributed by atoms with Crippen molar-refractivity contribution in [1.29, 1.82) is 0 Å². The van der Waals surface area contributed by atoms with Crippen molar-refractivity contribution in [3.05, 3.63) is 111 Å². The number of fused-ring (bicyclic) bond motifs is 1. The predicted molar refractivity (Wildman–Crippen MR) is 197 cm³/mol. The molecule has 4 aromatic rings. The Morgan fingerprint density at radius 3 is 2.50 bits per heavy atom. The van der Waals surface area contributed by atoms with Gasteiger partial charge in [-0.3, -0.25) is 9.36 Å². The minimum Gasteiger partial charge on any atom is -0.493 e. The zero-order chi connectivity index (χ0) is 35.9. The molecule has 14 heteroatoms. The Kier molecular flexibility index (Phi) is 12.2. The Morgan fingerprint density at radius 2 is 1.80 bits per heavy atom. The molecule has 1 aliphatic heterocycles.